The first-order valence-electron chi connectivity index (χ1n) is 5.41. The van der Waals surface area contributed by atoms with Gasteiger partial charge in [0.1, 0.15) is 5.75 Å². The minimum absolute atomic E-state index is 0.314. The molecule has 1 N–H and O–H groups in total. The molecule has 1 aromatic heterocycles. The molecule has 1 amide bonds. The highest BCUT2D eigenvalue weighted by Crippen LogP contribution is 2.22. The number of nitrogens with zero attached hydrogens (tertiary/aromatic N) is 1. The second kappa shape index (κ2) is 6.49. The molecule has 2 rings (SSSR count). The van der Waals surface area contributed by atoms with E-state index in [0.29, 0.717) is 11.3 Å². The monoisotopic (exact) mass is 338 g/mol. The molecule has 0 aliphatic rings. The molecule has 0 aliphatic carbocycles. The van der Waals surface area contributed by atoms with Crippen LogP contribution in [0.3, 0.4) is 0 Å². The summed E-state index contributed by atoms with van der Waals surface area (Å²) in [5.74, 6) is 0.193. The maximum atomic E-state index is 12.0. The van der Waals surface area contributed by atoms with Crippen molar-refractivity contribution in [2.75, 3.05) is 7.11 Å². The van der Waals surface area contributed by atoms with Crippen molar-refractivity contribution < 1.29 is 9.53 Å². The number of halogens is 1. The Morgan fingerprint density at radius 2 is 2.32 bits per heavy atom. The summed E-state index contributed by atoms with van der Waals surface area (Å²) in [6, 6.07) is 9.06. The van der Waals surface area contributed by atoms with Crippen molar-refractivity contribution in [3.63, 3.8) is 0 Å². The zero-order valence-electron chi connectivity index (χ0n) is 10.1. The summed E-state index contributed by atoms with van der Waals surface area (Å²) in [7, 11) is 1.52. The molecule has 1 aromatic carbocycles. The molecule has 1 heterocycles. The van der Waals surface area contributed by atoms with E-state index in [1.807, 2.05) is 23.6 Å². The van der Waals surface area contributed by atoms with Crippen LogP contribution in [0.4, 0.5) is 0 Å². The van der Waals surface area contributed by atoms with Crippen LogP contribution in [0.25, 0.3) is 0 Å². The van der Waals surface area contributed by atoms with Crippen LogP contribution in [-0.4, -0.2) is 19.2 Å². The van der Waals surface area contributed by atoms with Crippen LogP contribution in [0.2, 0.25) is 0 Å². The average molecular weight is 339 g/mol. The van der Waals surface area contributed by atoms with E-state index in [0.717, 1.165) is 9.35 Å². The van der Waals surface area contributed by atoms with Gasteiger partial charge in [0, 0.05) is 9.35 Å². The van der Waals surface area contributed by atoms with Crippen LogP contribution in [0, 0.1) is 0 Å². The maximum absolute atomic E-state index is 12.0. The summed E-state index contributed by atoms with van der Waals surface area (Å²) in [6.45, 7) is 0. The van der Waals surface area contributed by atoms with Crippen LogP contribution in [-0.2, 0) is 0 Å². The summed E-state index contributed by atoms with van der Waals surface area (Å²) < 4.78 is 5.95. The topological polar surface area (TPSA) is 50.7 Å². The molecule has 0 bridgehead atoms. The quantitative estimate of drug-likeness (QED) is 0.687. The van der Waals surface area contributed by atoms with Gasteiger partial charge in [-0.3, -0.25) is 4.79 Å². The van der Waals surface area contributed by atoms with Crippen molar-refractivity contribution >= 4 is 39.4 Å². The Morgan fingerprint density at radius 3 is 3.00 bits per heavy atom. The summed E-state index contributed by atoms with van der Waals surface area (Å²) in [5, 5.41) is 5.86. The molecule has 98 valence electrons. The number of amides is 1. The fourth-order valence-electron chi connectivity index (χ4n) is 1.44. The Kier molecular flexibility index (Phi) is 4.70. The van der Waals surface area contributed by atoms with Crippen molar-refractivity contribution in [1.29, 1.82) is 0 Å². The van der Waals surface area contributed by atoms with Gasteiger partial charge in [-0.1, -0.05) is 22.0 Å². The molecule has 0 saturated heterocycles. The number of thiophene rings is 1. The minimum Gasteiger partial charge on any atom is -0.496 e. The first kappa shape index (κ1) is 13.8. The van der Waals surface area contributed by atoms with E-state index in [1.54, 1.807) is 29.7 Å². The number of hydrazone groups is 1. The highest BCUT2D eigenvalue weighted by Gasteiger charge is 2.11. The van der Waals surface area contributed by atoms with E-state index >= 15 is 0 Å². The van der Waals surface area contributed by atoms with E-state index in [9.17, 15) is 4.79 Å². The highest BCUT2D eigenvalue weighted by atomic mass is 79.9. The lowest BCUT2D eigenvalue weighted by Gasteiger charge is -2.07. The van der Waals surface area contributed by atoms with Crippen molar-refractivity contribution in [1.82, 2.24) is 5.43 Å². The van der Waals surface area contributed by atoms with E-state index in [2.05, 4.69) is 26.5 Å². The smallest absolute Gasteiger partial charge is 0.275 e. The third-order valence-electron chi connectivity index (χ3n) is 2.31. The molecule has 0 saturated carbocycles. The summed E-state index contributed by atoms with van der Waals surface area (Å²) in [4.78, 5) is 13.0. The number of ether oxygens (including phenoxy) is 1. The van der Waals surface area contributed by atoms with Gasteiger partial charge in [0.2, 0.25) is 0 Å². The number of benzene rings is 1. The summed E-state index contributed by atoms with van der Waals surface area (Å²) in [6.07, 6.45) is 1.60. The predicted octanol–water partition coefficient (Wildman–Crippen LogP) is 3.28. The summed E-state index contributed by atoms with van der Waals surface area (Å²) in [5.41, 5.74) is 2.91. The molecule has 0 spiro atoms. The number of hydrogen-bond acceptors (Lipinski definition) is 4. The first-order chi connectivity index (χ1) is 9.20. The molecule has 0 radical (unpaired) electrons. The van der Waals surface area contributed by atoms with Gasteiger partial charge >= 0.3 is 0 Å². The fraction of sp³-hybridized carbons (Fsp3) is 0.0769. The number of methoxy groups -OCH3 is 1. The maximum Gasteiger partial charge on any atom is 0.275 e. The summed E-state index contributed by atoms with van der Waals surface area (Å²) >= 11 is 4.87. The molecule has 0 fully saturated rings. The van der Waals surface area contributed by atoms with E-state index in [4.69, 9.17) is 4.74 Å². The van der Waals surface area contributed by atoms with E-state index in [1.165, 1.54) is 7.11 Å². The van der Waals surface area contributed by atoms with Crippen LogP contribution in [0.15, 0.2) is 45.3 Å². The Bertz CT molecular complexity index is 597. The molecule has 19 heavy (non-hydrogen) atoms. The Morgan fingerprint density at radius 1 is 1.47 bits per heavy atom. The molecule has 0 atom stereocenters. The van der Waals surface area contributed by atoms with Gasteiger partial charge in [0.25, 0.3) is 5.91 Å². The van der Waals surface area contributed by atoms with Crippen molar-refractivity contribution in [2.45, 2.75) is 0 Å². The number of nitrogens with one attached hydrogen (secondary N) is 1. The Hall–Kier alpha value is -1.66. The second-order valence-electron chi connectivity index (χ2n) is 3.56. The first-order valence-corrected chi connectivity index (χ1v) is 7.08. The fourth-order valence-corrected chi connectivity index (χ4v) is 2.38. The Labute approximate surface area is 123 Å². The van der Waals surface area contributed by atoms with Crippen LogP contribution in [0.1, 0.15) is 15.2 Å². The normalized spacial score (nSPS) is 10.6. The van der Waals surface area contributed by atoms with Gasteiger partial charge in [-0.25, -0.2) is 5.43 Å². The standard InChI is InChI=1S/C13H11BrN2O2S/c1-18-12-5-4-9(14)7-11(12)13(17)16-15-8-10-3-2-6-19-10/h2-8H,1H3,(H,16,17)/b15-8+. The van der Waals surface area contributed by atoms with Gasteiger partial charge in [0.15, 0.2) is 0 Å². The SMILES string of the molecule is COc1ccc(Br)cc1C(=O)N/N=C/c1cccs1. The molecular weight excluding hydrogens is 328 g/mol. The van der Waals surface area contributed by atoms with Gasteiger partial charge in [0.05, 0.1) is 18.9 Å². The third-order valence-corrected chi connectivity index (χ3v) is 3.61. The van der Waals surface area contributed by atoms with E-state index < -0.39 is 0 Å². The number of rotatable bonds is 4. The number of hydrogen-bond donors (Lipinski definition) is 1. The Balaban J connectivity index is 2.09. The predicted molar refractivity (Wildman–Crippen MR) is 80.1 cm³/mol. The zero-order valence-corrected chi connectivity index (χ0v) is 12.5. The van der Waals surface area contributed by atoms with Crippen LogP contribution >= 0.6 is 27.3 Å². The number of carbonyl (C=O) groups excluding carboxylic acids is 1. The molecule has 2 aromatic rings. The van der Waals surface area contributed by atoms with Crippen LogP contribution in [0.5, 0.6) is 5.75 Å². The minimum atomic E-state index is -0.314. The van der Waals surface area contributed by atoms with Gasteiger partial charge in [-0.15, -0.1) is 11.3 Å². The largest absolute Gasteiger partial charge is 0.496 e. The van der Waals surface area contributed by atoms with E-state index in [-0.39, 0.29) is 5.91 Å². The van der Waals surface area contributed by atoms with Crippen molar-refractivity contribution in [3.05, 3.63) is 50.6 Å². The second-order valence-corrected chi connectivity index (χ2v) is 5.45. The van der Waals surface area contributed by atoms with Gasteiger partial charge in [-0.05, 0) is 29.6 Å². The molecule has 4 nitrogen and oxygen atoms in total. The molecule has 0 unspecified atom stereocenters. The lowest BCUT2D eigenvalue weighted by atomic mass is 10.2. The third kappa shape index (κ3) is 3.65. The van der Waals surface area contributed by atoms with Crippen LogP contribution < -0.4 is 10.2 Å². The zero-order chi connectivity index (χ0) is 13.7. The average Bonchev–Trinajstić information content (AvgIpc) is 2.91. The van der Waals surface area contributed by atoms with Gasteiger partial charge < -0.3 is 4.74 Å². The molecule has 6 heteroatoms. The van der Waals surface area contributed by atoms with Crippen molar-refractivity contribution in [3.8, 4) is 5.75 Å². The lowest BCUT2D eigenvalue weighted by Crippen LogP contribution is -2.18. The molecule has 0 aliphatic heterocycles. The molecular formula is C13H11BrN2O2S. The lowest BCUT2D eigenvalue weighted by molar-refractivity contribution is 0.0952. The van der Waals surface area contributed by atoms with Crippen molar-refractivity contribution in [2.24, 2.45) is 5.10 Å². The highest BCUT2D eigenvalue weighted by molar-refractivity contribution is 9.10. The van der Waals surface area contributed by atoms with Gasteiger partial charge in [-0.2, -0.15) is 5.10 Å². The number of carbonyl (C=O) groups is 1.